The molecule has 4 rings (SSSR count). The third-order valence-electron chi connectivity index (χ3n) is 6.00. The molecule has 1 saturated heterocycles. The van der Waals surface area contributed by atoms with Crippen LogP contribution in [0.5, 0.6) is 0 Å². The van der Waals surface area contributed by atoms with Gasteiger partial charge >= 0.3 is 17.8 Å². The number of hydrogen-bond acceptors (Lipinski definition) is 4. The van der Waals surface area contributed by atoms with Crippen molar-refractivity contribution in [1.82, 2.24) is 9.80 Å². The standard InChI is InChI=1S/C21H24N2O4/c24-18(16-11-10-14-6-4-5-7-15(14)12-16)13-22-19(25)20(26)23(21(22)27)17-8-2-1-3-9-17/h10-12,17H,1-9,13H2. The maximum Gasteiger partial charge on any atom is 0.334 e. The molecule has 0 radical (unpaired) electrons. The number of nitrogens with zero attached hydrogens (tertiary/aromatic N) is 2. The molecule has 0 unspecified atom stereocenters. The maximum absolute atomic E-state index is 12.7. The predicted octanol–water partition coefficient (Wildman–Crippen LogP) is 2.87. The zero-order valence-corrected chi connectivity index (χ0v) is 15.4. The summed E-state index contributed by atoms with van der Waals surface area (Å²) in [6.07, 6.45) is 8.70. The summed E-state index contributed by atoms with van der Waals surface area (Å²) in [4.78, 5) is 51.9. The van der Waals surface area contributed by atoms with Crippen LogP contribution in [-0.2, 0) is 22.4 Å². The van der Waals surface area contributed by atoms with Crippen LogP contribution in [0.2, 0.25) is 0 Å². The number of benzene rings is 1. The van der Waals surface area contributed by atoms with Crippen molar-refractivity contribution in [3.63, 3.8) is 0 Å². The lowest BCUT2D eigenvalue weighted by Crippen LogP contribution is -2.43. The fourth-order valence-electron chi connectivity index (χ4n) is 4.46. The summed E-state index contributed by atoms with van der Waals surface area (Å²) < 4.78 is 0. The number of aryl methyl sites for hydroxylation is 2. The molecular weight excluding hydrogens is 344 g/mol. The van der Waals surface area contributed by atoms with Crippen LogP contribution in [-0.4, -0.2) is 46.0 Å². The van der Waals surface area contributed by atoms with Crippen molar-refractivity contribution in [3.05, 3.63) is 34.9 Å². The zero-order chi connectivity index (χ0) is 19.0. The molecule has 4 amide bonds. The van der Waals surface area contributed by atoms with Crippen molar-refractivity contribution in [3.8, 4) is 0 Å². The Hall–Kier alpha value is -2.50. The smallest absolute Gasteiger partial charge is 0.292 e. The summed E-state index contributed by atoms with van der Waals surface area (Å²) in [5, 5.41) is 0. The Morgan fingerprint density at radius 1 is 0.889 bits per heavy atom. The summed E-state index contributed by atoms with van der Waals surface area (Å²) in [5.41, 5.74) is 2.94. The first-order valence-corrected chi connectivity index (χ1v) is 9.90. The maximum atomic E-state index is 12.7. The van der Waals surface area contributed by atoms with E-state index in [1.165, 1.54) is 11.1 Å². The first kappa shape index (κ1) is 17.9. The Morgan fingerprint density at radius 3 is 2.33 bits per heavy atom. The highest BCUT2D eigenvalue weighted by molar-refractivity contribution is 6.45. The number of imide groups is 2. The van der Waals surface area contributed by atoms with Gasteiger partial charge in [-0.05, 0) is 55.7 Å². The van der Waals surface area contributed by atoms with Crippen molar-refractivity contribution in [1.29, 1.82) is 0 Å². The molecule has 1 aromatic rings. The van der Waals surface area contributed by atoms with Crippen molar-refractivity contribution >= 4 is 23.6 Å². The highest BCUT2D eigenvalue weighted by atomic mass is 16.2. The minimum atomic E-state index is -0.878. The quantitative estimate of drug-likeness (QED) is 0.465. The van der Waals surface area contributed by atoms with Gasteiger partial charge in [-0.25, -0.2) is 9.69 Å². The molecule has 2 fully saturated rings. The normalized spacial score (nSPS) is 21.0. The Balaban J connectivity index is 1.50. The summed E-state index contributed by atoms with van der Waals surface area (Å²) in [6, 6.07) is 4.75. The summed E-state index contributed by atoms with van der Waals surface area (Å²) >= 11 is 0. The van der Waals surface area contributed by atoms with E-state index in [1.807, 2.05) is 12.1 Å². The summed E-state index contributed by atoms with van der Waals surface area (Å²) in [6.45, 7) is -0.370. The number of rotatable bonds is 4. The lowest BCUT2D eigenvalue weighted by molar-refractivity contribution is -0.144. The van der Waals surface area contributed by atoms with Gasteiger partial charge in [0.15, 0.2) is 5.78 Å². The molecule has 1 aromatic carbocycles. The Morgan fingerprint density at radius 2 is 1.59 bits per heavy atom. The molecule has 2 aliphatic carbocycles. The number of urea groups is 1. The summed E-state index contributed by atoms with van der Waals surface area (Å²) in [7, 11) is 0. The molecule has 6 heteroatoms. The van der Waals surface area contributed by atoms with Gasteiger partial charge in [0.2, 0.25) is 0 Å². The number of carbonyl (C=O) groups is 4. The molecule has 3 aliphatic rings. The van der Waals surface area contributed by atoms with E-state index in [0.717, 1.165) is 67.6 Å². The number of ketones is 1. The number of Topliss-reactive ketones (excluding diaryl/α,β-unsaturated/α-hetero) is 1. The van der Waals surface area contributed by atoms with Gasteiger partial charge in [-0.2, -0.15) is 0 Å². The van der Waals surface area contributed by atoms with Crippen molar-refractivity contribution in [2.45, 2.75) is 63.8 Å². The van der Waals surface area contributed by atoms with Gasteiger partial charge in [-0.15, -0.1) is 0 Å². The minimum absolute atomic E-state index is 0.216. The monoisotopic (exact) mass is 368 g/mol. The molecule has 142 valence electrons. The van der Waals surface area contributed by atoms with Gasteiger partial charge in [-0.3, -0.25) is 19.3 Å². The van der Waals surface area contributed by atoms with E-state index in [-0.39, 0.29) is 18.4 Å². The van der Waals surface area contributed by atoms with Crippen LogP contribution in [0.4, 0.5) is 4.79 Å². The van der Waals surface area contributed by atoms with E-state index in [1.54, 1.807) is 6.07 Å². The van der Waals surface area contributed by atoms with Crippen LogP contribution in [0.25, 0.3) is 0 Å². The van der Waals surface area contributed by atoms with E-state index >= 15 is 0 Å². The molecule has 0 aromatic heterocycles. The van der Waals surface area contributed by atoms with Crippen LogP contribution in [0.3, 0.4) is 0 Å². The van der Waals surface area contributed by atoms with Gasteiger partial charge < -0.3 is 0 Å². The van der Waals surface area contributed by atoms with E-state index < -0.39 is 17.8 Å². The second-order valence-electron chi connectivity index (χ2n) is 7.75. The largest absolute Gasteiger partial charge is 0.334 e. The third-order valence-corrected chi connectivity index (χ3v) is 6.00. The molecule has 0 atom stereocenters. The lowest BCUT2D eigenvalue weighted by Gasteiger charge is -2.28. The zero-order valence-electron chi connectivity index (χ0n) is 15.4. The van der Waals surface area contributed by atoms with Gasteiger partial charge in [0.25, 0.3) is 0 Å². The Kier molecular flexibility index (Phi) is 4.81. The second-order valence-corrected chi connectivity index (χ2v) is 7.75. The number of fused-ring (bicyclic) bond motifs is 1. The topological polar surface area (TPSA) is 74.8 Å². The molecular formula is C21H24N2O4. The first-order chi connectivity index (χ1) is 13.1. The molecule has 0 N–H and O–H groups in total. The molecule has 0 bridgehead atoms. The van der Waals surface area contributed by atoms with Crippen LogP contribution in [0.15, 0.2) is 18.2 Å². The molecule has 1 saturated carbocycles. The molecule has 1 aliphatic heterocycles. The number of amides is 4. The van der Waals surface area contributed by atoms with Crippen molar-refractivity contribution < 1.29 is 19.2 Å². The van der Waals surface area contributed by atoms with E-state index in [9.17, 15) is 19.2 Å². The highest BCUT2D eigenvalue weighted by Gasteiger charge is 2.48. The van der Waals surface area contributed by atoms with Crippen LogP contribution < -0.4 is 0 Å². The van der Waals surface area contributed by atoms with Crippen LogP contribution in [0, 0.1) is 0 Å². The third kappa shape index (κ3) is 3.29. The van der Waals surface area contributed by atoms with Gasteiger partial charge in [0.05, 0.1) is 6.54 Å². The molecule has 1 heterocycles. The fraction of sp³-hybridized carbons (Fsp3) is 0.524. The van der Waals surface area contributed by atoms with E-state index in [2.05, 4.69) is 0 Å². The number of hydrogen-bond donors (Lipinski definition) is 0. The molecule has 27 heavy (non-hydrogen) atoms. The average molecular weight is 368 g/mol. The average Bonchev–Trinajstić information content (AvgIpc) is 2.91. The van der Waals surface area contributed by atoms with Gasteiger partial charge in [0, 0.05) is 11.6 Å². The Labute approximate surface area is 158 Å². The van der Waals surface area contributed by atoms with Crippen molar-refractivity contribution in [2.24, 2.45) is 0 Å². The second kappa shape index (κ2) is 7.25. The summed E-state index contributed by atoms with van der Waals surface area (Å²) in [5.74, 6) is -1.97. The fourth-order valence-corrected chi connectivity index (χ4v) is 4.46. The molecule has 0 spiro atoms. The van der Waals surface area contributed by atoms with Gasteiger partial charge in [0.1, 0.15) is 0 Å². The minimum Gasteiger partial charge on any atom is -0.292 e. The first-order valence-electron chi connectivity index (χ1n) is 9.90. The Bertz CT molecular complexity index is 810. The molecule has 6 nitrogen and oxygen atoms in total. The van der Waals surface area contributed by atoms with E-state index in [0.29, 0.717) is 5.56 Å². The van der Waals surface area contributed by atoms with Crippen LogP contribution >= 0.6 is 0 Å². The SMILES string of the molecule is O=C(CN1C(=O)C(=O)N(C2CCCCC2)C1=O)c1ccc2c(c1)CCCC2. The van der Waals surface area contributed by atoms with Gasteiger partial charge in [-0.1, -0.05) is 31.4 Å². The van der Waals surface area contributed by atoms with Crippen molar-refractivity contribution in [2.75, 3.05) is 6.54 Å². The van der Waals surface area contributed by atoms with Crippen LogP contribution in [0.1, 0.15) is 66.4 Å². The predicted molar refractivity (Wildman–Crippen MR) is 98.2 cm³/mol. The lowest BCUT2D eigenvalue weighted by atomic mass is 9.90. The highest BCUT2D eigenvalue weighted by Crippen LogP contribution is 2.27. The number of carbonyl (C=O) groups excluding carboxylic acids is 4. The van der Waals surface area contributed by atoms with E-state index in [4.69, 9.17) is 0 Å².